The minimum atomic E-state index is -0.0557. The summed E-state index contributed by atoms with van der Waals surface area (Å²) in [5, 5.41) is 9.33. The van der Waals surface area contributed by atoms with Crippen LogP contribution >= 0.6 is 0 Å². The fourth-order valence-electron chi connectivity index (χ4n) is 1.27. The van der Waals surface area contributed by atoms with Gasteiger partial charge in [-0.15, -0.1) is 0 Å². The van der Waals surface area contributed by atoms with E-state index in [1.807, 2.05) is 4.57 Å². The topological polar surface area (TPSA) is 63.8 Å². The van der Waals surface area contributed by atoms with Gasteiger partial charge in [0.2, 0.25) is 5.88 Å². The quantitative estimate of drug-likeness (QED) is 0.741. The van der Waals surface area contributed by atoms with Crippen molar-refractivity contribution < 1.29 is 5.11 Å². The molecule has 5 nitrogen and oxygen atoms in total. The molecule has 2 aliphatic heterocycles. The number of imidazole rings is 1. The lowest BCUT2D eigenvalue weighted by Crippen LogP contribution is -2.04. The lowest BCUT2D eigenvalue weighted by atomic mass is 10.4. The zero-order valence-corrected chi connectivity index (χ0v) is 7.30. The lowest BCUT2D eigenvalue weighted by molar-refractivity contribution is 0.447. The van der Waals surface area contributed by atoms with E-state index < -0.39 is 0 Å². The van der Waals surface area contributed by atoms with Gasteiger partial charge in [0.15, 0.2) is 11.5 Å². The first-order valence-corrected chi connectivity index (χ1v) is 4.17. The van der Waals surface area contributed by atoms with Gasteiger partial charge in [0, 0.05) is 6.54 Å². The summed E-state index contributed by atoms with van der Waals surface area (Å²) in [7, 11) is 0. The molecule has 68 valence electrons. The summed E-state index contributed by atoms with van der Waals surface area (Å²) in [5.74, 6) is 0.634. The number of nitrogens with zero attached hydrogens (tertiary/aromatic N) is 4. The third-order valence-electron chi connectivity index (χ3n) is 1.85. The Morgan fingerprint density at radius 2 is 2.23 bits per heavy atom. The molecular formula is C8H10N4O. The van der Waals surface area contributed by atoms with Crippen LogP contribution in [0.5, 0.6) is 5.88 Å². The molecule has 0 fully saturated rings. The first-order valence-electron chi connectivity index (χ1n) is 4.17. The molecule has 0 aromatic rings. The van der Waals surface area contributed by atoms with E-state index in [2.05, 4.69) is 21.9 Å². The molecule has 1 N–H and O–H groups in total. The monoisotopic (exact) mass is 178 g/mol. The molecule has 0 aromatic heterocycles. The van der Waals surface area contributed by atoms with Crippen molar-refractivity contribution in [2.24, 2.45) is 0 Å². The average molecular weight is 178 g/mol. The molecular weight excluding hydrogens is 168 g/mol. The summed E-state index contributed by atoms with van der Waals surface area (Å²) in [6.45, 7) is 2.91. The highest BCUT2D eigenvalue weighted by Crippen LogP contribution is 2.24. The van der Waals surface area contributed by atoms with Crippen LogP contribution in [0, 0.1) is 0 Å². The van der Waals surface area contributed by atoms with Crippen LogP contribution in [0.4, 0.5) is 0 Å². The predicted octanol–water partition coefficient (Wildman–Crippen LogP) is 0.893. The minimum Gasteiger partial charge on any atom is -0.492 e. The van der Waals surface area contributed by atoms with Crippen LogP contribution in [0.25, 0.3) is 11.5 Å². The van der Waals surface area contributed by atoms with Gasteiger partial charge >= 0.3 is 0 Å². The van der Waals surface area contributed by atoms with Gasteiger partial charge in [0.25, 0.3) is 0 Å². The van der Waals surface area contributed by atoms with Crippen molar-refractivity contribution in [1.82, 2.24) is 19.5 Å². The van der Waals surface area contributed by atoms with E-state index in [1.165, 1.54) is 6.33 Å². The molecule has 0 amide bonds. The van der Waals surface area contributed by atoms with Crippen LogP contribution in [-0.2, 0) is 6.54 Å². The maximum absolute atomic E-state index is 9.33. The van der Waals surface area contributed by atoms with Gasteiger partial charge in [0.05, 0.1) is 0 Å². The molecule has 0 aliphatic carbocycles. The average Bonchev–Trinajstić information content (AvgIpc) is 2.59. The Hall–Kier alpha value is -1.65. The Balaban J connectivity index is 2.54. The highest BCUT2D eigenvalue weighted by molar-refractivity contribution is 5.56. The second-order valence-corrected chi connectivity index (χ2v) is 2.81. The van der Waals surface area contributed by atoms with E-state index in [9.17, 15) is 5.11 Å². The zero-order valence-electron chi connectivity index (χ0n) is 7.30. The fourth-order valence-corrected chi connectivity index (χ4v) is 1.27. The number of aromatic hydroxyl groups is 1. The molecule has 0 bridgehead atoms. The maximum Gasteiger partial charge on any atom is 0.242 e. The third-order valence-corrected chi connectivity index (χ3v) is 1.85. The number of aryl methyl sites for hydroxylation is 1. The summed E-state index contributed by atoms with van der Waals surface area (Å²) in [4.78, 5) is 11.8. The number of rotatable bonds is 2. The Bertz CT molecular complexity index is 384. The smallest absolute Gasteiger partial charge is 0.242 e. The molecule has 2 rings (SSSR count). The van der Waals surface area contributed by atoms with Crippen molar-refractivity contribution in [3.8, 4) is 17.4 Å². The fraction of sp³-hybridized carbons (Fsp3) is 0.375. The van der Waals surface area contributed by atoms with Gasteiger partial charge in [-0.2, -0.15) is 0 Å². The van der Waals surface area contributed by atoms with E-state index in [0.717, 1.165) is 13.0 Å². The Kier molecular flexibility index (Phi) is 1.84. The van der Waals surface area contributed by atoms with Crippen molar-refractivity contribution in [2.45, 2.75) is 19.9 Å². The normalized spacial score (nSPS) is 10.8. The van der Waals surface area contributed by atoms with Gasteiger partial charge in [0.1, 0.15) is 12.7 Å². The van der Waals surface area contributed by atoms with E-state index >= 15 is 0 Å². The van der Waals surface area contributed by atoms with Crippen LogP contribution in [0.3, 0.4) is 0 Å². The predicted molar refractivity (Wildman–Crippen MR) is 46.4 cm³/mol. The highest BCUT2D eigenvalue weighted by atomic mass is 16.3. The van der Waals surface area contributed by atoms with Crippen molar-refractivity contribution >= 4 is 0 Å². The summed E-state index contributed by atoms with van der Waals surface area (Å²) >= 11 is 0. The first kappa shape index (κ1) is 7.97. The van der Waals surface area contributed by atoms with Crippen molar-refractivity contribution in [3.05, 3.63) is 12.7 Å². The standard InChI is InChI=1S/C8H10N4O/c1-2-3-12-5-11-8(13)6-7(12)10-4-9-6/h4-5,13H,2-3H2,1H3. The molecule has 0 unspecified atom stereocenters. The number of hydrogen-bond acceptors (Lipinski definition) is 4. The lowest BCUT2D eigenvalue weighted by Gasteiger charge is -2.08. The molecule has 13 heavy (non-hydrogen) atoms. The highest BCUT2D eigenvalue weighted by Gasteiger charge is 2.14. The molecule has 5 heteroatoms. The number of hydrogen-bond donors (Lipinski definition) is 1. The summed E-state index contributed by atoms with van der Waals surface area (Å²) < 4.78 is 1.88. The van der Waals surface area contributed by atoms with Crippen molar-refractivity contribution in [1.29, 1.82) is 0 Å². The maximum atomic E-state index is 9.33. The van der Waals surface area contributed by atoms with Gasteiger partial charge in [-0.3, -0.25) is 0 Å². The van der Waals surface area contributed by atoms with E-state index in [1.54, 1.807) is 6.33 Å². The first-order chi connectivity index (χ1) is 6.33. The Morgan fingerprint density at radius 3 is 3.00 bits per heavy atom. The SMILES string of the molecule is CCCn1cnc(O)c2ncnc1-2. The van der Waals surface area contributed by atoms with Crippen LogP contribution in [0.15, 0.2) is 12.7 Å². The summed E-state index contributed by atoms with van der Waals surface area (Å²) in [6, 6.07) is 0. The van der Waals surface area contributed by atoms with Gasteiger partial charge < -0.3 is 9.67 Å². The number of fused-ring (bicyclic) bond motifs is 1. The molecule has 0 aromatic carbocycles. The minimum absolute atomic E-state index is 0.0557. The third kappa shape index (κ3) is 1.22. The molecule has 2 aliphatic rings. The second-order valence-electron chi connectivity index (χ2n) is 2.81. The molecule has 0 spiro atoms. The van der Waals surface area contributed by atoms with Crippen molar-refractivity contribution in [3.63, 3.8) is 0 Å². The van der Waals surface area contributed by atoms with E-state index in [0.29, 0.717) is 11.5 Å². The van der Waals surface area contributed by atoms with Gasteiger partial charge in [-0.05, 0) is 6.42 Å². The van der Waals surface area contributed by atoms with Crippen molar-refractivity contribution in [2.75, 3.05) is 0 Å². The Labute approximate surface area is 75.4 Å². The molecule has 0 saturated carbocycles. The van der Waals surface area contributed by atoms with Crippen LogP contribution in [0.1, 0.15) is 13.3 Å². The van der Waals surface area contributed by atoms with Crippen LogP contribution < -0.4 is 0 Å². The molecule has 0 atom stereocenters. The van der Waals surface area contributed by atoms with Gasteiger partial charge in [-0.1, -0.05) is 6.92 Å². The Morgan fingerprint density at radius 1 is 1.38 bits per heavy atom. The van der Waals surface area contributed by atoms with E-state index in [-0.39, 0.29) is 5.88 Å². The van der Waals surface area contributed by atoms with Gasteiger partial charge in [-0.25, -0.2) is 15.0 Å². The summed E-state index contributed by atoms with van der Waals surface area (Å²) in [6.07, 6.45) is 4.01. The number of aromatic nitrogens is 4. The van der Waals surface area contributed by atoms with Crippen LogP contribution in [0.2, 0.25) is 0 Å². The summed E-state index contributed by atoms with van der Waals surface area (Å²) in [5.41, 5.74) is 0.468. The largest absolute Gasteiger partial charge is 0.492 e. The zero-order chi connectivity index (χ0) is 9.26. The molecule has 0 saturated heterocycles. The second kappa shape index (κ2) is 3.01. The molecule has 2 heterocycles. The molecule has 0 radical (unpaired) electrons. The van der Waals surface area contributed by atoms with Crippen LogP contribution in [-0.4, -0.2) is 24.6 Å². The van der Waals surface area contributed by atoms with E-state index in [4.69, 9.17) is 0 Å².